The summed E-state index contributed by atoms with van der Waals surface area (Å²) in [7, 11) is 6.65. The van der Waals surface area contributed by atoms with Crippen LogP contribution in [0, 0.1) is 69.2 Å². The Morgan fingerprint density at radius 2 is 1.85 bits per heavy atom. The largest absolute Gasteiger partial charge is 0.507 e. The number of benzene rings is 2. The zero-order chi connectivity index (χ0) is 31.7. The molecule has 1 radical (unpaired) electrons. The molecule has 5 aliphatic heterocycles. The van der Waals surface area contributed by atoms with Crippen molar-refractivity contribution in [3.8, 4) is 34.8 Å². The fourth-order valence-corrected chi connectivity index (χ4v) is 9.21. The van der Waals surface area contributed by atoms with E-state index in [1.54, 1.807) is 26.6 Å². The normalized spacial score (nSPS) is 28.7. The second kappa shape index (κ2) is 12.9. The number of aromatic hydroxyl groups is 1. The number of nitriles is 1. The van der Waals surface area contributed by atoms with Gasteiger partial charge >= 0.3 is 5.97 Å². The van der Waals surface area contributed by atoms with E-state index in [1.165, 1.54) is 18.9 Å². The Morgan fingerprint density at radius 1 is 1.09 bits per heavy atom. The van der Waals surface area contributed by atoms with Crippen LogP contribution in [0.2, 0.25) is 0 Å². The number of phenolic OH excluding ortho intramolecular Hbond substituents is 1. The van der Waals surface area contributed by atoms with Crippen LogP contribution in [0.4, 0.5) is 0 Å². The number of piperazine rings is 1. The van der Waals surface area contributed by atoms with Crippen molar-refractivity contribution in [3.05, 3.63) is 50.6 Å². The van der Waals surface area contributed by atoms with Crippen LogP contribution >= 0.6 is 11.8 Å². The Hall–Kier alpha value is -2.39. The van der Waals surface area contributed by atoms with Gasteiger partial charge in [-0.25, -0.2) is 4.79 Å². The van der Waals surface area contributed by atoms with Gasteiger partial charge in [0.15, 0.2) is 29.8 Å². The monoisotopic (exact) mass is 864 g/mol. The Bertz CT molecular complexity index is 1660. The van der Waals surface area contributed by atoms with Gasteiger partial charge in [-0.2, -0.15) is 5.26 Å². The molecule has 1 fully saturated rings. The molecule has 0 saturated carbocycles. The summed E-state index contributed by atoms with van der Waals surface area (Å²) in [5, 5.41) is 23.9. The summed E-state index contributed by atoms with van der Waals surface area (Å²) < 4.78 is 40.7. The van der Waals surface area contributed by atoms with Crippen LogP contribution in [-0.2, 0) is 25.4 Å². The SMILES string of the molecule is COCOc1c(OC)c(C)cc2c1[C@@H]1C3[C@@H]4S/C=C(/OC)C(=O)OC[C@@H](c5c6c(c(C)c(O)c54)OCO6)N3[C@@H](C#N)[C@H](C2)N1C.[Ac]. The van der Waals surface area contributed by atoms with E-state index < -0.39 is 29.3 Å². The number of phenols is 1. The Morgan fingerprint density at radius 3 is 2.54 bits per heavy atom. The van der Waals surface area contributed by atoms with Crippen LogP contribution in [0.3, 0.4) is 0 Å². The molecule has 14 heteroatoms. The predicted octanol–water partition coefficient (Wildman–Crippen LogP) is 3.78. The number of carbonyl (C=O) groups is 1. The molecular formula is C32H35AcN3O9S. The number of cyclic esters (lactones) is 1. The summed E-state index contributed by atoms with van der Waals surface area (Å²) >= 11 is 1.34. The molecule has 7 rings (SSSR count). The number of rotatable bonds is 5. The van der Waals surface area contributed by atoms with Gasteiger partial charge in [0.05, 0.1) is 37.6 Å². The minimum absolute atomic E-state index is 0. The maximum atomic E-state index is 13.1. The Labute approximate surface area is 307 Å². The molecule has 5 heterocycles. The summed E-state index contributed by atoms with van der Waals surface area (Å²) in [5.41, 5.74) is 4.82. The fraction of sp³-hybridized carbons (Fsp3) is 0.500. The molecule has 46 heavy (non-hydrogen) atoms. The van der Waals surface area contributed by atoms with E-state index in [0.29, 0.717) is 46.1 Å². The topological polar surface area (TPSA) is 132 Å². The maximum Gasteiger partial charge on any atom is 0.374 e. The van der Waals surface area contributed by atoms with Crippen molar-refractivity contribution in [1.29, 1.82) is 5.26 Å². The third kappa shape index (κ3) is 4.80. The molecule has 0 amide bonds. The second-order valence-corrected chi connectivity index (χ2v) is 12.8. The number of thioether (sulfide) groups is 1. The summed E-state index contributed by atoms with van der Waals surface area (Å²) in [6.07, 6.45) is 0.583. The third-order valence-electron chi connectivity index (χ3n) is 9.74. The van der Waals surface area contributed by atoms with Crippen molar-refractivity contribution in [2.45, 2.75) is 55.7 Å². The van der Waals surface area contributed by atoms with Gasteiger partial charge in [0.25, 0.3) is 0 Å². The van der Waals surface area contributed by atoms with Gasteiger partial charge in [0, 0.05) is 90.9 Å². The quantitative estimate of drug-likeness (QED) is 0.346. The number of likely N-dealkylation sites (N-methyl/N-ethyl adjacent to an activating group) is 1. The first kappa shape index (κ1) is 33.5. The first-order valence-electron chi connectivity index (χ1n) is 14.7. The number of methoxy groups -OCH3 is 3. The molecule has 241 valence electrons. The molecular weight excluding hydrogens is 829 g/mol. The minimum Gasteiger partial charge on any atom is -0.507 e. The van der Waals surface area contributed by atoms with E-state index in [0.717, 1.165) is 16.7 Å². The summed E-state index contributed by atoms with van der Waals surface area (Å²) in [5.74, 6) is 1.70. The van der Waals surface area contributed by atoms with E-state index >= 15 is 0 Å². The average Bonchev–Trinajstić information content (AvgIpc) is 3.52. The fourth-order valence-electron chi connectivity index (χ4n) is 7.92. The van der Waals surface area contributed by atoms with E-state index in [1.807, 2.05) is 14.0 Å². The smallest absolute Gasteiger partial charge is 0.374 e. The molecule has 0 aliphatic carbocycles. The molecule has 5 aliphatic rings. The number of nitrogens with zero attached hydrogens (tertiary/aromatic N) is 3. The third-order valence-corrected chi connectivity index (χ3v) is 10.9. The van der Waals surface area contributed by atoms with Crippen molar-refractivity contribution in [2.75, 3.05) is 48.6 Å². The molecule has 0 spiro atoms. The van der Waals surface area contributed by atoms with Crippen LogP contribution in [0.15, 0.2) is 17.2 Å². The number of fused-ring (bicyclic) bond motifs is 9. The molecule has 2 aromatic rings. The Balaban J connectivity index is 0.00000372. The van der Waals surface area contributed by atoms with Crippen LogP contribution in [0.1, 0.15) is 50.7 Å². The van der Waals surface area contributed by atoms with Gasteiger partial charge in [-0.3, -0.25) is 9.80 Å². The van der Waals surface area contributed by atoms with Crippen molar-refractivity contribution < 1.29 is 87.1 Å². The van der Waals surface area contributed by atoms with Gasteiger partial charge in [0.2, 0.25) is 12.6 Å². The van der Waals surface area contributed by atoms with Gasteiger partial charge in [-0.05, 0) is 38.4 Å². The first-order chi connectivity index (χ1) is 21.8. The molecule has 1 N–H and O–H groups in total. The number of hydrogen-bond donors (Lipinski definition) is 1. The first-order valence-corrected chi connectivity index (χ1v) is 15.6. The molecule has 2 aromatic carbocycles. The van der Waals surface area contributed by atoms with E-state index in [4.69, 9.17) is 33.2 Å². The molecule has 0 aromatic heterocycles. The van der Waals surface area contributed by atoms with Gasteiger partial charge < -0.3 is 38.3 Å². The second-order valence-electron chi connectivity index (χ2n) is 11.8. The zero-order valence-electron chi connectivity index (χ0n) is 26.5. The molecule has 6 atom stereocenters. The Kier molecular flexibility index (Phi) is 9.40. The number of esters is 1. The van der Waals surface area contributed by atoms with Gasteiger partial charge in [-0.1, -0.05) is 6.07 Å². The van der Waals surface area contributed by atoms with Crippen LogP contribution in [-0.4, -0.2) is 87.6 Å². The van der Waals surface area contributed by atoms with Crippen LogP contribution in [0.5, 0.6) is 28.7 Å². The van der Waals surface area contributed by atoms with Crippen molar-refractivity contribution >= 4 is 17.7 Å². The minimum atomic E-state index is -0.635. The average molecular weight is 865 g/mol. The van der Waals surface area contributed by atoms with Crippen LogP contribution in [0.25, 0.3) is 0 Å². The molecule has 1 saturated heterocycles. The molecule has 1 unspecified atom stereocenters. The number of aryl methyl sites for hydroxylation is 1. The number of carbonyl (C=O) groups excluding carboxylic acids is 1. The predicted molar refractivity (Wildman–Crippen MR) is 161 cm³/mol. The molecule has 12 nitrogen and oxygen atoms in total. The maximum absolute atomic E-state index is 13.1. The van der Waals surface area contributed by atoms with Gasteiger partial charge in [0.1, 0.15) is 18.4 Å². The van der Waals surface area contributed by atoms with Crippen LogP contribution < -0.4 is 18.9 Å². The summed E-state index contributed by atoms with van der Waals surface area (Å²) in [6.45, 7) is 3.70. The van der Waals surface area contributed by atoms with E-state index in [-0.39, 0.29) is 87.8 Å². The van der Waals surface area contributed by atoms with Crippen molar-refractivity contribution in [2.24, 2.45) is 0 Å². The van der Waals surface area contributed by atoms with Gasteiger partial charge in [-0.15, -0.1) is 11.8 Å². The van der Waals surface area contributed by atoms with Crippen molar-refractivity contribution in [3.63, 3.8) is 0 Å². The standard InChI is InChI=1S/C32H35N3O9S.Ac/c1-14-7-16-8-17-18(9-33)35-19-10-41-32(37)20(39-5)11-45-31(23-22(19)30-28(43-13-44-30)15(2)26(23)36)25(35)24(34(17)3)21(16)29(27(14)40-6)42-12-38-4;/h7,11,17-19,24-25,31,36H,8,10,12-13H2,1-6H3;/b20-11+;/t17-,18-,19-,24+,25?,31+;/m0./s1. The van der Waals surface area contributed by atoms with E-state index in [9.17, 15) is 15.2 Å². The van der Waals surface area contributed by atoms with Crippen molar-refractivity contribution in [1.82, 2.24) is 9.80 Å². The summed E-state index contributed by atoms with van der Waals surface area (Å²) in [4.78, 5) is 17.5. The van der Waals surface area contributed by atoms with E-state index in [2.05, 4.69) is 21.9 Å². The molecule has 4 bridgehead atoms. The summed E-state index contributed by atoms with van der Waals surface area (Å²) in [6, 6.07) is 2.57. The number of ether oxygens (including phenoxy) is 7. The number of hydrogen-bond acceptors (Lipinski definition) is 13. The zero-order valence-corrected chi connectivity index (χ0v) is 32.0.